The van der Waals surface area contributed by atoms with E-state index in [1.807, 2.05) is 63.2 Å². The fourth-order valence-electron chi connectivity index (χ4n) is 3.45. The Hall–Kier alpha value is -2.82. The second kappa shape index (κ2) is 12.0. The maximum absolute atomic E-state index is 13.1. The van der Waals surface area contributed by atoms with Crippen LogP contribution in [0.4, 0.5) is 0 Å². The molecule has 1 N–H and O–H groups in total. The maximum Gasteiger partial charge on any atom is 0.261 e. The smallest absolute Gasteiger partial charge is 0.261 e. The molecule has 0 fully saturated rings. The molecule has 1 atom stereocenters. The Bertz CT molecular complexity index is 800. The van der Waals surface area contributed by atoms with E-state index in [1.54, 1.807) is 4.90 Å². The molecule has 2 rings (SSSR count). The highest BCUT2D eigenvalue weighted by molar-refractivity contribution is 5.88. The van der Waals surface area contributed by atoms with E-state index in [2.05, 4.69) is 18.3 Å². The predicted octanol–water partition coefficient (Wildman–Crippen LogP) is 4.41. The average Bonchev–Trinajstić information content (AvgIpc) is 2.72. The average molecular weight is 411 g/mol. The van der Waals surface area contributed by atoms with Gasteiger partial charge in [-0.3, -0.25) is 9.59 Å². The Morgan fingerprint density at radius 2 is 1.70 bits per heavy atom. The number of aryl methyl sites for hydroxylation is 2. The van der Waals surface area contributed by atoms with Crippen LogP contribution in [0.15, 0.2) is 48.5 Å². The summed E-state index contributed by atoms with van der Waals surface area (Å²) in [6.45, 7) is 8.90. The topological polar surface area (TPSA) is 58.6 Å². The Morgan fingerprint density at radius 1 is 1.03 bits per heavy atom. The second-order valence-corrected chi connectivity index (χ2v) is 7.69. The first kappa shape index (κ1) is 23.5. The molecule has 0 bridgehead atoms. The van der Waals surface area contributed by atoms with Crippen molar-refractivity contribution in [1.82, 2.24) is 10.2 Å². The van der Waals surface area contributed by atoms with Gasteiger partial charge in [0.05, 0.1) is 0 Å². The Balaban J connectivity index is 2.16. The van der Waals surface area contributed by atoms with Gasteiger partial charge in [-0.25, -0.2) is 0 Å². The third kappa shape index (κ3) is 7.21. The molecule has 2 aromatic rings. The number of carbonyl (C=O) groups is 2. The number of nitrogens with one attached hydrogen (secondary N) is 1. The SMILES string of the molecule is CCCCNC(=O)C(CC)N(Cc1ccccc1)C(=O)COc1cc(C)cc(C)c1. The number of amides is 2. The summed E-state index contributed by atoms with van der Waals surface area (Å²) in [6.07, 6.45) is 2.47. The number of ether oxygens (including phenoxy) is 1. The van der Waals surface area contributed by atoms with Crippen molar-refractivity contribution in [2.24, 2.45) is 0 Å². The zero-order chi connectivity index (χ0) is 21.9. The monoisotopic (exact) mass is 410 g/mol. The van der Waals surface area contributed by atoms with Crippen molar-refractivity contribution >= 4 is 11.8 Å². The number of hydrogen-bond acceptors (Lipinski definition) is 3. The van der Waals surface area contributed by atoms with Gasteiger partial charge < -0.3 is 15.0 Å². The van der Waals surface area contributed by atoms with Gasteiger partial charge in [0.15, 0.2) is 6.61 Å². The molecule has 5 nitrogen and oxygen atoms in total. The van der Waals surface area contributed by atoms with Crippen LogP contribution in [0.2, 0.25) is 0 Å². The van der Waals surface area contributed by atoms with Gasteiger partial charge in [-0.1, -0.05) is 56.7 Å². The molecule has 1 unspecified atom stereocenters. The van der Waals surface area contributed by atoms with Gasteiger partial charge in [-0.15, -0.1) is 0 Å². The van der Waals surface area contributed by atoms with Crippen LogP contribution in [0.1, 0.15) is 49.8 Å². The molecule has 0 saturated heterocycles. The summed E-state index contributed by atoms with van der Waals surface area (Å²) >= 11 is 0. The third-order valence-corrected chi connectivity index (χ3v) is 4.97. The van der Waals surface area contributed by atoms with Gasteiger partial charge in [0, 0.05) is 13.1 Å². The lowest BCUT2D eigenvalue weighted by Gasteiger charge is -2.30. The summed E-state index contributed by atoms with van der Waals surface area (Å²) in [5.41, 5.74) is 3.15. The number of nitrogens with zero attached hydrogens (tertiary/aromatic N) is 1. The highest BCUT2D eigenvalue weighted by atomic mass is 16.5. The van der Waals surface area contributed by atoms with Crippen LogP contribution in [0.3, 0.4) is 0 Å². The fraction of sp³-hybridized carbons (Fsp3) is 0.440. The lowest BCUT2D eigenvalue weighted by Crippen LogP contribution is -2.50. The molecule has 5 heteroatoms. The second-order valence-electron chi connectivity index (χ2n) is 7.69. The van der Waals surface area contributed by atoms with Crippen molar-refractivity contribution in [1.29, 1.82) is 0 Å². The molecule has 0 aliphatic heterocycles. The van der Waals surface area contributed by atoms with Gasteiger partial charge in [0.1, 0.15) is 11.8 Å². The van der Waals surface area contributed by atoms with Gasteiger partial charge in [-0.2, -0.15) is 0 Å². The van der Waals surface area contributed by atoms with E-state index < -0.39 is 6.04 Å². The molecule has 162 valence electrons. The van der Waals surface area contributed by atoms with Crippen LogP contribution >= 0.6 is 0 Å². The van der Waals surface area contributed by atoms with Crippen molar-refractivity contribution in [3.05, 3.63) is 65.2 Å². The number of hydrogen-bond donors (Lipinski definition) is 1. The van der Waals surface area contributed by atoms with Crippen LogP contribution in [0.5, 0.6) is 5.75 Å². The van der Waals surface area contributed by atoms with Crippen LogP contribution in [-0.2, 0) is 16.1 Å². The molecule has 0 aliphatic carbocycles. The highest BCUT2D eigenvalue weighted by Gasteiger charge is 2.28. The number of benzene rings is 2. The van der Waals surface area contributed by atoms with Crippen LogP contribution in [0, 0.1) is 13.8 Å². The normalized spacial score (nSPS) is 11.6. The Labute approximate surface area is 180 Å². The molecular formula is C25H34N2O3. The molecule has 0 radical (unpaired) electrons. The summed E-state index contributed by atoms with van der Waals surface area (Å²) < 4.78 is 5.80. The van der Waals surface area contributed by atoms with Gasteiger partial charge >= 0.3 is 0 Å². The van der Waals surface area contributed by atoms with E-state index >= 15 is 0 Å². The minimum atomic E-state index is -0.530. The predicted molar refractivity (Wildman–Crippen MR) is 120 cm³/mol. The van der Waals surface area contributed by atoms with E-state index in [-0.39, 0.29) is 18.4 Å². The minimum absolute atomic E-state index is 0.103. The molecule has 0 spiro atoms. The van der Waals surface area contributed by atoms with Gasteiger partial charge in [-0.05, 0) is 55.5 Å². The van der Waals surface area contributed by atoms with E-state index in [9.17, 15) is 9.59 Å². The fourth-order valence-corrected chi connectivity index (χ4v) is 3.45. The van der Waals surface area contributed by atoms with Gasteiger partial charge in [0.25, 0.3) is 5.91 Å². The lowest BCUT2D eigenvalue weighted by atomic mass is 10.1. The maximum atomic E-state index is 13.1. The standard InChI is InChI=1S/C25H34N2O3/c1-5-7-13-26-25(29)23(6-2)27(17-21-11-9-8-10-12-21)24(28)18-30-22-15-19(3)14-20(4)16-22/h8-12,14-16,23H,5-7,13,17-18H2,1-4H3,(H,26,29). The Kier molecular flexibility index (Phi) is 9.39. The van der Waals surface area contributed by atoms with E-state index in [0.29, 0.717) is 25.3 Å². The molecule has 30 heavy (non-hydrogen) atoms. The first-order valence-electron chi connectivity index (χ1n) is 10.8. The zero-order valence-electron chi connectivity index (χ0n) is 18.6. The van der Waals surface area contributed by atoms with E-state index in [4.69, 9.17) is 4.74 Å². The summed E-state index contributed by atoms with van der Waals surface area (Å²) in [6, 6.07) is 15.1. The summed E-state index contributed by atoms with van der Waals surface area (Å²) in [5, 5.41) is 2.97. The van der Waals surface area contributed by atoms with Crippen molar-refractivity contribution in [2.75, 3.05) is 13.2 Å². The molecule has 0 heterocycles. The summed E-state index contributed by atoms with van der Waals surface area (Å²) in [7, 11) is 0. The van der Waals surface area contributed by atoms with Crippen molar-refractivity contribution in [3.63, 3.8) is 0 Å². The highest BCUT2D eigenvalue weighted by Crippen LogP contribution is 2.17. The molecule has 0 aromatic heterocycles. The third-order valence-electron chi connectivity index (χ3n) is 4.97. The molecule has 0 saturated carbocycles. The molecule has 2 amide bonds. The van der Waals surface area contributed by atoms with Crippen LogP contribution < -0.4 is 10.1 Å². The molecular weight excluding hydrogens is 376 g/mol. The molecule has 0 aliphatic rings. The molecule has 2 aromatic carbocycles. The Morgan fingerprint density at radius 3 is 2.30 bits per heavy atom. The number of carbonyl (C=O) groups excluding carboxylic acids is 2. The van der Waals surface area contributed by atoms with Gasteiger partial charge in [0.2, 0.25) is 5.91 Å². The van der Waals surface area contributed by atoms with E-state index in [1.165, 1.54) is 0 Å². The van der Waals surface area contributed by atoms with Crippen molar-refractivity contribution < 1.29 is 14.3 Å². The number of rotatable bonds is 11. The largest absolute Gasteiger partial charge is 0.484 e. The van der Waals surface area contributed by atoms with Crippen molar-refractivity contribution in [2.45, 2.75) is 59.5 Å². The first-order chi connectivity index (χ1) is 14.4. The van der Waals surface area contributed by atoms with E-state index in [0.717, 1.165) is 29.5 Å². The first-order valence-corrected chi connectivity index (χ1v) is 10.8. The number of unbranched alkanes of at least 4 members (excludes halogenated alkanes) is 1. The van der Waals surface area contributed by atoms with Crippen LogP contribution in [-0.4, -0.2) is 35.9 Å². The van der Waals surface area contributed by atoms with Crippen LogP contribution in [0.25, 0.3) is 0 Å². The quantitative estimate of drug-likeness (QED) is 0.559. The minimum Gasteiger partial charge on any atom is -0.484 e. The zero-order valence-corrected chi connectivity index (χ0v) is 18.6. The van der Waals surface area contributed by atoms with Crippen molar-refractivity contribution in [3.8, 4) is 5.75 Å². The lowest BCUT2D eigenvalue weighted by molar-refractivity contribution is -0.143. The summed E-state index contributed by atoms with van der Waals surface area (Å²) in [4.78, 5) is 27.6. The summed E-state index contributed by atoms with van der Waals surface area (Å²) in [5.74, 6) is 0.359.